The van der Waals surface area contributed by atoms with Crippen molar-refractivity contribution in [3.63, 3.8) is 0 Å². The molecule has 96 valence electrons. The molecule has 0 aliphatic rings. The molecule has 0 saturated heterocycles. The van der Waals surface area contributed by atoms with E-state index in [4.69, 9.17) is 16.0 Å². The maximum absolute atomic E-state index is 9.94. The number of hydrogen-bond donors (Lipinski definition) is 1. The predicted octanol–water partition coefficient (Wildman–Crippen LogP) is 5.19. The molecular weight excluding hydrogens is 320 g/mol. The molecule has 0 unspecified atom stereocenters. The summed E-state index contributed by atoms with van der Waals surface area (Å²) in [5, 5.41) is 10.6. The Morgan fingerprint density at radius 2 is 1.82 bits per heavy atom. The quantitative estimate of drug-likeness (QED) is 0.752. The second-order valence-corrected chi connectivity index (χ2v) is 11.6. The molecule has 1 aromatic rings. The molecule has 0 spiro atoms. The fourth-order valence-electron chi connectivity index (χ4n) is 1.05. The van der Waals surface area contributed by atoms with Crippen LogP contribution in [0.5, 0.6) is 11.5 Å². The molecular formula is C12H18BrClO2Si. The van der Waals surface area contributed by atoms with Gasteiger partial charge in [0.15, 0.2) is 5.75 Å². The Balaban J connectivity index is 3.12. The van der Waals surface area contributed by atoms with Crippen LogP contribution in [0.25, 0.3) is 0 Å². The summed E-state index contributed by atoms with van der Waals surface area (Å²) in [6.07, 6.45) is 0. The lowest BCUT2D eigenvalue weighted by Crippen LogP contribution is -2.43. The predicted molar refractivity (Wildman–Crippen MR) is 78.6 cm³/mol. The largest absolute Gasteiger partial charge is 0.541 e. The van der Waals surface area contributed by atoms with Gasteiger partial charge in [-0.25, -0.2) is 0 Å². The molecule has 17 heavy (non-hydrogen) atoms. The van der Waals surface area contributed by atoms with E-state index in [9.17, 15) is 5.11 Å². The minimum atomic E-state index is -1.96. The van der Waals surface area contributed by atoms with Gasteiger partial charge in [0.05, 0.1) is 4.47 Å². The molecule has 0 fully saturated rings. The maximum atomic E-state index is 9.94. The molecule has 1 rings (SSSR count). The monoisotopic (exact) mass is 336 g/mol. The summed E-state index contributed by atoms with van der Waals surface area (Å²) in [4.78, 5) is 0. The average Bonchev–Trinajstić information content (AvgIpc) is 2.11. The van der Waals surface area contributed by atoms with Gasteiger partial charge in [0.2, 0.25) is 0 Å². The first-order valence-corrected chi connectivity index (χ1v) is 9.49. The SMILES string of the molecule is CC(C)(C)[Si](C)(C)Oc1cc(Cl)cc(Br)c1O. The summed E-state index contributed by atoms with van der Waals surface area (Å²) in [7, 11) is -1.96. The Hall–Kier alpha value is -0.193. The van der Waals surface area contributed by atoms with E-state index in [0.717, 1.165) is 0 Å². The standard InChI is InChI=1S/C12H18BrClO2Si/c1-12(2,3)17(4,5)16-10-7-8(14)6-9(13)11(10)15/h6-7,15H,1-5H3. The van der Waals surface area contributed by atoms with E-state index in [-0.39, 0.29) is 10.8 Å². The van der Waals surface area contributed by atoms with Crippen LogP contribution in [0.1, 0.15) is 20.8 Å². The lowest BCUT2D eigenvalue weighted by molar-refractivity contribution is 0.419. The van der Waals surface area contributed by atoms with Crippen molar-refractivity contribution in [2.45, 2.75) is 38.9 Å². The Labute approximate surface area is 117 Å². The van der Waals surface area contributed by atoms with E-state index in [2.05, 4.69) is 49.8 Å². The molecule has 0 heterocycles. The Morgan fingerprint density at radius 1 is 1.29 bits per heavy atom. The van der Waals surface area contributed by atoms with E-state index in [1.165, 1.54) is 0 Å². The van der Waals surface area contributed by atoms with Gasteiger partial charge in [-0.15, -0.1) is 0 Å². The molecule has 0 aliphatic heterocycles. The zero-order chi connectivity index (χ0) is 13.4. The van der Waals surface area contributed by atoms with Crippen molar-refractivity contribution in [1.29, 1.82) is 0 Å². The molecule has 0 amide bonds. The molecule has 2 nitrogen and oxygen atoms in total. The fraction of sp³-hybridized carbons (Fsp3) is 0.500. The molecule has 0 atom stereocenters. The van der Waals surface area contributed by atoms with E-state index >= 15 is 0 Å². The molecule has 0 aromatic heterocycles. The van der Waals surface area contributed by atoms with E-state index < -0.39 is 8.32 Å². The highest BCUT2D eigenvalue weighted by atomic mass is 79.9. The van der Waals surface area contributed by atoms with Gasteiger partial charge in [0.25, 0.3) is 8.32 Å². The van der Waals surface area contributed by atoms with Gasteiger partial charge in [-0.2, -0.15) is 0 Å². The van der Waals surface area contributed by atoms with E-state index in [1.807, 2.05) is 0 Å². The number of phenolic OH excluding ortho intramolecular Hbond substituents is 1. The Kier molecular flexibility index (Phi) is 4.22. The normalized spacial score (nSPS) is 12.6. The number of halogens is 2. The third-order valence-electron chi connectivity index (χ3n) is 3.16. The van der Waals surface area contributed by atoms with Gasteiger partial charge in [0, 0.05) is 11.1 Å². The van der Waals surface area contributed by atoms with Crippen molar-refractivity contribution in [1.82, 2.24) is 0 Å². The number of hydrogen-bond acceptors (Lipinski definition) is 2. The molecule has 5 heteroatoms. The maximum Gasteiger partial charge on any atom is 0.250 e. The molecule has 1 N–H and O–H groups in total. The van der Waals surface area contributed by atoms with Gasteiger partial charge in [-0.1, -0.05) is 32.4 Å². The molecule has 0 saturated carbocycles. The van der Waals surface area contributed by atoms with Crippen LogP contribution >= 0.6 is 27.5 Å². The minimum Gasteiger partial charge on any atom is -0.541 e. The zero-order valence-corrected chi connectivity index (χ0v) is 14.1. The van der Waals surface area contributed by atoms with Crippen molar-refractivity contribution in [3.05, 3.63) is 21.6 Å². The fourth-order valence-corrected chi connectivity index (χ4v) is 2.84. The summed E-state index contributed by atoms with van der Waals surface area (Å²) in [5.74, 6) is 0.565. The van der Waals surface area contributed by atoms with Gasteiger partial charge in [-0.05, 0) is 40.1 Å². The first kappa shape index (κ1) is 14.9. The van der Waals surface area contributed by atoms with Crippen LogP contribution < -0.4 is 4.43 Å². The third kappa shape index (κ3) is 3.39. The first-order chi connectivity index (χ1) is 7.54. The lowest BCUT2D eigenvalue weighted by atomic mass is 10.2. The van der Waals surface area contributed by atoms with Crippen LogP contribution in [0, 0.1) is 0 Å². The topological polar surface area (TPSA) is 29.5 Å². The zero-order valence-electron chi connectivity index (χ0n) is 10.8. The van der Waals surface area contributed by atoms with Crippen LogP contribution in [0.2, 0.25) is 23.2 Å². The van der Waals surface area contributed by atoms with Crippen LogP contribution in [0.15, 0.2) is 16.6 Å². The molecule has 0 aliphatic carbocycles. The summed E-state index contributed by atoms with van der Waals surface area (Å²) >= 11 is 9.22. The minimum absolute atomic E-state index is 0.0776. The Bertz CT molecular complexity index is 427. The van der Waals surface area contributed by atoms with Gasteiger partial charge in [-0.3, -0.25) is 0 Å². The van der Waals surface area contributed by atoms with Gasteiger partial charge in [0.1, 0.15) is 5.75 Å². The highest BCUT2D eigenvalue weighted by Gasteiger charge is 2.39. The van der Waals surface area contributed by atoms with Crippen LogP contribution in [0.3, 0.4) is 0 Å². The van der Waals surface area contributed by atoms with Crippen LogP contribution in [-0.4, -0.2) is 13.4 Å². The smallest absolute Gasteiger partial charge is 0.250 e. The van der Waals surface area contributed by atoms with E-state index in [0.29, 0.717) is 15.2 Å². The second-order valence-electron chi connectivity index (χ2n) is 5.60. The van der Waals surface area contributed by atoms with Crippen molar-refractivity contribution in [2.24, 2.45) is 0 Å². The summed E-state index contributed by atoms with van der Waals surface area (Å²) in [6, 6.07) is 3.30. The number of benzene rings is 1. The summed E-state index contributed by atoms with van der Waals surface area (Å²) in [5.41, 5.74) is 0. The molecule has 0 radical (unpaired) electrons. The second kappa shape index (κ2) is 4.82. The first-order valence-electron chi connectivity index (χ1n) is 5.41. The molecule has 1 aromatic carbocycles. The number of rotatable bonds is 2. The highest BCUT2D eigenvalue weighted by Crippen LogP contribution is 2.43. The van der Waals surface area contributed by atoms with Crippen molar-refractivity contribution < 1.29 is 9.53 Å². The van der Waals surface area contributed by atoms with Gasteiger partial charge >= 0.3 is 0 Å². The van der Waals surface area contributed by atoms with Crippen LogP contribution in [0.4, 0.5) is 0 Å². The highest BCUT2D eigenvalue weighted by molar-refractivity contribution is 9.10. The van der Waals surface area contributed by atoms with Crippen molar-refractivity contribution in [3.8, 4) is 11.5 Å². The third-order valence-corrected chi connectivity index (χ3v) is 8.33. The van der Waals surface area contributed by atoms with Crippen molar-refractivity contribution in [2.75, 3.05) is 0 Å². The summed E-state index contributed by atoms with van der Waals surface area (Å²) < 4.78 is 6.59. The van der Waals surface area contributed by atoms with E-state index in [1.54, 1.807) is 12.1 Å². The Morgan fingerprint density at radius 3 is 2.29 bits per heavy atom. The summed E-state index contributed by atoms with van der Waals surface area (Å²) in [6.45, 7) is 10.7. The lowest BCUT2D eigenvalue weighted by Gasteiger charge is -2.36. The van der Waals surface area contributed by atoms with Crippen molar-refractivity contribution >= 4 is 35.8 Å². The number of phenols is 1. The van der Waals surface area contributed by atoms with Gasteiger partial charge < -0.3 is 9.53 Å². The number of aromatic hydroxyl groups is 1. The van der Waals surface area contributed by atoms with Crippen LogP contribution in [-0.2, 0) is 0 Å². The average molecular weight is 338 g/mol. The molecule has 0 bridgehead atoms.